The van der Waals surface area contributed by atoms with Gasteiger partial charge in [-0.15, -0.1) is 0 Å². The smallest absolute Gasteiger partial charge is 0.182 e. The van der Waals surface area contributed by atoms with E-state index >= 15 is 0 Å². The van der Waals surface area contributed by atoms with Crippen molar-refractivity contribution < 1.29 is 0 Å². The molecule has 7 heteroatoms. The molecule has 3 aromatic rings. The molecule has 0 saturated carbocycles. The number of aromatic amines is 2. The zero-order chi connectivity index (χ0) is 13.4. The summed E-state index contributed by atoms with van der Waals surface area (Å²) in [5.74, 6) is 2.56. The topological polar surface area (TPSA) is 86.4 Å². The Hall–Kier alpha value is -2.44. The van der Waals surface area contributed by atoms with Gasteiger partial charge in [0.05, 0.1) is 6.33 Å². The highest BCUT2D eigenvalue weighted by Crippen LogP contribution is 2.29. The summed E-state index contributed by atoms with van der Waals surface area (Å²) in [5, 5.41) is 0. The third kappa shape index (κ3) is 1.82. The number of aromatic nitrogens is 6. The van der Waals surface area contributed by atoms with Gasteiger partial charge >= 0.3 is 0 Å². The summed E-state index contributed by atoms with van der Waals surface area (Å²) in [5.41, 5.74) is 1.65. The number of imidazole rings is 2. The fraction of sp³-hybridized carbons (Fsp3) is 0.385. The highest BCUT2D eigenvalue weighted by atomic mass is 15.2. The van der Waals surface area contributed by atoms with Crippen LogP contribution in [0.4, 0.5) is 5.82 Å². The molecule has 7 nitrogen and oxygen atoms in total. The molecule has 0 unspecified atom stereocenters. The monoisotopic (exact) mass is 269 g/mol. The Balaban J connectivity index is 1.56. The largest absolute Gasteiger partial charge is 0.355 e. The first-order chi connectivity index (χ1) is 9.92. The van der Waals surface area contributed by atoms with E-state index in [1.807, 2.05) is 12.4 Å². The summed E-state index contributed by atoms with van der Waals surface area (Å²) in [6, 6.07) is 0. The fourth-order valence-electron chi connectivity index (χ4n) is 2.86. The van der Waals surface area contributed by atoms with Crippen molar-refractivity contribution in [3.05, 3.63) is 30.9 Å². The van der Waals surface area contributed by atoms with Crippen LogP contribution in [0, 0.1) is 0 Å². The third-order valence-electron chi connectivity index (χ3n) is 3.90. The number of fused-ring (bicyclic) bond motifs is 1. The van der Waals surface area contributed by atoms with Gasteiger partial charge in [0.1, 0.15) is 17.7 Å². The molecule has 1 fully saturated rings. The van der Waals surface area contributed by atoms with E-state index in [9.17, 15) is 0 Å². The van der Waals surface area contributed by atoms with E-state index in [4.69, 9.17) is 0 Å². The summed E-state index contributed by atoms with van der Waals surface area (Å²) >= 11 is 0. The van der Waals surface area contributed by atoms with Crippen molar-refractivity contribution in [1.82, 2.24) is 29.9 Å². The van der Waals surface area contributed by atoms with Crippen molar-refractivity contribution >= 4 is 17.0 Å². The third-order valence-corrected chi connectivity index (χ3v) is 3.90. The molecule has 0 spiro atoms. The average molecular weight is 269 g/mol. The van der Waals surface area contributed by atoms with E-state index < -0.39 is 0 Å². The molecule has 0 aromatic carbocycles. The molecule has 3 aromatic heterocycles. The van der Waals surface area contributed by atoms with Gasteiger partial charge in [0, 0.05) is 31.4 Å². The molecule has 0 bridgehead atoms. The van der Waals surface area contributed by atoms with Gasteiger partial charge in [-0.2, -0.15) is 0 Å². The first kappa shape index (κ1) is 11.4. The second kappa shape index (κ2) is 4.59. The maximum Gasteiger partial charge on any atom is 0.182 e. The lowest BCUT2D eigenvalue weighted by Gasteiger charge is -2.31. The summed E-state index contributed by atoms with van der Waals surface area (Å²) in [7, 11) is 0. The highest BCUT2D eigenvalue weighted by molar-refractivity contribution is 5.82. The van der Waals surface area contributed by atoms with Crippen LogP contribution in [0.1, 0.15) is 24.6 Å². The van der Waals surface area contributed by atoms with E-state index in [0.29, 0.717) is 5.92 Å². The van der Waals surface area contributed by atoms with Crippen molar-refractivity contribution in [2.45, 2.75) is 18.8 Å². The second-order valence-electron chi connectivity index (χ2n) is 5.03. The fourth-order valence-corrected chi connectivity index (χ4v) is 2.86. The van der Waals surface area contributed by atoms with Crippen LogP contribution in [-0.4, -0.2) is 43.0 Å². The summed E-state index contributed by atoms with van der Waals surface area (Å²) < 4.78 is 0. The number of nitrogens with one attached hydrogen (secondary N) is 2. The number of piperidine rings is 1. The Morgan fingerprint density at radius 2 is 1.95 bits per heavy atom. The van der Waals surface area contributed by atoms with Gasteiger partial charge < -0.3 is 14.9 Å². The summed E-state index contributed by atoms with van der Waals surface area (Å²) in [4.78, 5) is 25.7. The number of hydrogen-bond acceptors (Lipinski definition) is 5. The van der Waals surface area contributed by atoms with Crippen LogP contribution in [0.25, 0.3) is 11.2 Å². The summed E-state index contributed by atoms with van der Waals surface area (Å²) in [6.07, 6.45) is 9.11. The van der Waals surface area contributed by atoms with Crippen LogP contribution in [-0.2, 0) is 0 Å². The number of hydrogen-bond donors (Lipinski definition) is 2. The van der Waals surface area contributed by atoms with Crippen molar-refractivity contribution in [1.29, 1.82) is 0 Å². The minimum absolute atomic E-state index is 0.514. The Bertz CT molecular complexity index is 694. The van der Waals surface area contributed by atoms with Crippen LogP contribution in [0.3, 0.4) is 0 Å². The van der Waals surface area contributed by atoms with Gasteiger partial charge in [0.15, 0.2) is 11.5 Å². The van der Waals surface area contributed by atoms with Gasteiger partial charge in [-0.25, -0.2) is 19.9 Å². The van der Waals surface area contributed by atoms with Crippen molar-refractivity contribution in [2.75, 3.05) is 18.0 Å². The van der Waals surface area contributed by atoms with Gasteiger partial charge in [0.2, 0.25) is 0 Å². The molecular formula is C13H15N7. The van der Waals surface area contributed by atoms with Gasteiger partial charge in [-0.1, -0.05) is 0 Å². The Morgan fingerprint density at radius 3 is 2.75 bits per heavy atom. The van der Waals surface area contributed by atoms with E-state index in [1.165, 1.54) is 0 Å². The summed E-state index contributed by atoms with van der Waals surface area (Å²) in [6.45, 7) is 1.94. The van der Waals surface area contributed by atoms with Crippen LogP contribution >= 0.6 is 0 Å². The van der Waals surface area contributed by atoms with Crippen molar-refractivity contribution in [3.8, 4) is 0 Å². The van der Waals surface area contributed by atoms with E-state index in [2.05, 4.69) is 34.8 Å². The maximum atomic E-state index is 4.41. The Labute approximate surface area is 115 Å². The van der Waals surface area contributed by atoms with E-state index in [1.54, 1.807) is 12.7 Å². The molecule has 1 saturated heterocycles. The molecule has 102 valence electrons. The quantitative estimate of drug-likeness (QED) is 0.735. The lowest BCUT2D eigenvalue weighted by molar-refractivity contribution is 0.487. The maximum absolute atomic E-state index is 4.41. The zero-order valence-corrected chi connectivity index (χ0v) is 11.0. The predicted molar refractivity (Wildman–Crippen MR) is 74.5 cm³/mol. The van der Waals surface area contributed by atoms with Gasteiger partial charge in [0.25, 0.3) is 0 Å². The lowest BCUT2D eigenvalue weighted by Crippen LogP contribution is -2.34. The predicted octanol–water partition coefficient (Wildman–Crippen LogP) is 1.46. The molecule has 1 aliphatic rings. The van der Waals surface area contributed by atoms with Gasteiger partial charge in [-0.3, -0.25) is 0 Å². The molecule has 4 heterocycles. The van der Waals surface area contributed by atoms with Crippen molar-refractivity contribution in [2.24, 2.45) is 0 Å². The molecule has 1 aliphatic heterocycles. The molecule has 0 radical (unpaired) electrons. The van der Waals surface area contributed by atoms with Crippen LogP contribution < -0.4 is 4.90 Å². The number of rotatable bonds is 2. The molecule has 20 heavy (non-hydrogen) atoms. The SMILES string of the molecule is c1c[nH]c(C2CCN(c3ncnc4nc[nH]c34)CC2)n1. The van der Waals surface area contributed by atoms with E-state index in [0.717, 1.165) is 48.7 Å². The first-order valence-corrected chi connectivity index (χ1v) is 6.80. The Kier molecular flexibility index (Phi) is 2.61. The molecule has 0 amide bonds. The number of H-pyrrole nitrogens is 2. The zero-order valence-electron chi connectivity index (χ0n) is 11.0. The molecule has 0 atom stereocenters. The second-order valence-corrected chi connectivity index (χ2v) is 5.03. The normalized spacial score (nSPS) is 16.9. The highest BCUT2D eigenvalue weighted by Gasteiger charge is 2.24. The molecule has 0 aliphatic carbocycles. The van der Waals surface area contributed by atoms with Crippen molar-refractivity contribution in [3.63, 3.8) is 0 Å². The number of anilines is 1. The number of nitrogens with zero attached hydrogens (tertiary/aromatic N) is 5. The molecule has 2 N–H and O–H groups in total. The minimum Gasteiger partial charge on any atom is -0.355 e. The Morgan fingerprint density at radius 1 is 1.05 bits per heavy atom. The van der Waals surface area contributed by atoms with Gasteiger partial charge in [-0.05, 0) is 12.8 Å². The van der Waals surface area contributed by atoms with Crippen LogP contribution in [0.15, 0.2) is 25.0 Å². The standard InChI is InChI=1S/C13H15N7/c1-5-20(6-2-9(1)11-14-3-4-15-11)13-10-12(17-7-16-10)18-8-19-13/h3-4,7-9H,1-2,5-6H2,(H,14,15)(H,16,17,18,19). The molecule has 4 rings (SSSR count). The van der Waals surface area contributed by atoms with Crippen LogP contribution in [0.5, 0.6) is 0 Å². The lowest BCUT2D eigenvalue weighted by atomic mass is 9.96. The van der Waals surface area contributed by atoms with E-state index in [-0.39, 0.29) is 0 Å². The molecular weight excluding hydrogens is 254 g/mol. The minimum atomic E-state index is 0.514. The van der Waals surface area contributed by atoms with Crippen LogP contribution in [0.2, 0.25) is 0 Å². The first-order valence-electron chi connectivity index (χ1n) is 6.80. The average Bonchev–Trinajstić information content (AvgIpc) is 3.18.